The Morgan fingerprint density at radius 2 is 1.95 bits per heavy atom. The number of benzene rings is 1. The van der Waals surface area contributed by atoms with Gasteiger partial charge in [0.25, 0.3) is 0 Å². The fourth-order valence-corrected chi connectivity index (χ4v) is 3.13. The average molecular weight is 258 g/mol. The third-order valence-electron chi connectivity index (χ3n) is 4.14. The third kappa shape index (κ3) is 2.37. The van der Waals surface area contributed by atoms with Gasteiger partial charge in [-0.05, 0) is 25.0 Å². The number of furan rings is 1. The molecule has 1 aromatic carbocycles. The van der Waals surface area contributed by atoms with Crippen LogP contribution in [0.1, 0.15) is 43.8 Å². The van der Waals surface area contributed by atoms with Crippen molar-refractivity contribution in [2.45, 2.75) is 38.0 Å². The van der Waals surface area contributed by atoms with Crippen molar-refractivity contribution in [3.8, 4) is 0 Å². The van der Waals surface area contributed by atoms with Crippen LogP contribution >= 0.6 is 0 Å². The van der Waals surface area contributed by atoms with E-state index in [1.54, 1.807) is 0 Å². The van der Waals surface area contributed by atoms with Crippen molar-refractivity contribution in [3.05, 3.63) is 36.1 Å². The van der Waals surface area contributed by atoms with Gasteiger partial charge in [-0.15, -0.1) is 0 Å². The Morgan fingerprint density at radius 3 is 2.74 bits per heavy atom. The molecule has 1 N–H and O–H groups in total. The van der Waals surface area contributed by atoms with E-state index in [1.165, 1.54) is 0 Å². The van der Waals surface area contributed by atoms with Crippen molar-refractivity contribution in [3.63, 3.8) is 0 Å². The van der Waals surface area contributed by atoms with Crippen molar-refractivity contribution < 1.29 is 14.3 Å². The van der Waals surface area contributed by atoms with Crippen LogP contribution < -0.4 is 0 Å². The Labute approximate surface area is 112 Å². The molecule has 100 valence electrons. The highest BCUT2D eigenvalue weighted by atomic mass is 16.4. The Hall–Kier alpha value is -1.77. The molecule has 0 amide bonds. The summed E-state index contributed by atoms with van der Waals surface area (Å²) in [7, 11) is 0. The molecule has 19 heavy (non-hydrogen) atoms. The topological polar surface area (TPSA) is 50.4 Å². The molecule has 1 saturated carbocycles. The van der Waals surface area contributed by atoms with Crippen LogP contribution in [0.2, 0.25) is 0 Å². The first-order chi connectivity index (χ1) is 9.25. The van der Waals surface area contributed by atoms with Gasteiger partial charge in [0.2, 0.25) is 0 Å². The number of carboxylic acids is 1. The summed E-state index contributed by atoms with van der Waals surface area (Å²) in [6.45, 7) is 0. The first-order valence-corrected chi connectivity index (χ1v) is 6.97. The lowest BCUT2D eigenvalue weighted by atomic mass is 9.86. The number of carbonyl (C=O) groups is 1. The summed E-state index contributed by atoms with van der Waals surface area (Å²) in [5, 5.41) is 10.5. The van der Waals surface area contributed by atoms with E-state index in [4.69, 9.17) is 4.42 Å². The molecular formula is C16H18O3. The highest BCUT2D eigenvalue weighted by Gasteiger charge is 2.32. The van der Waals surface area contributed by atoms with Gasteiger partial charge in [-0.25, -0.2) is 0 Å². The maximum atomic E-state index is 11.5. The summed E-state index contributed by atoms with van der Waals surface area (Å²) in [5.74, 6) is -0.127. The van der Waals surface area contributed by atoms with E-state index in [1.807, 2.05) is 30.3 Å². The van der Waals surface area contributed by atoms with Gasteiger partial charge >= 0.3 is 5.97 Å². The molecule has 3 nitrogen and oxygen atoms in total. The van der Waals surface area contributed by atoms with E-state index >= 15 is 0 Å². The second kappa shape index (κ2) is 5.08. The number of rotatable bonds is 2. The van der Waals surface area contributed by atoms with Crippen LogP contribution in [0, 0.1) is 5.92 Å². The quantitative estimate of drug-likeness (QED) is 0.822. The monoisotopic (exact) mass is 258 g/mol. The summed E-state index contributed by atoms with van der Waals surface area (Å²) >= 11 is 0. The van der Waals surface area contributed by atoms with Crippen molar-refractivity contribution in [2.75, 3.05) is 0 Å². The Morgan fingerprint density at radius 1 is 1.16 bits per heavy atom. The molecule has 1 fully saturated rings. The number of carboxylic acid groups (broad SMARTS) is 1. The molecule has 2 aromatic rings. The van der Waals surface area contributed by atoms with Gasteiger partial charge in [0.1, 0.15) is 11.3 Å². The second-order valence-electron chi connectivity index (χ2n) is 5.38. The van der Waals surface area contributed by atoms with Crippen LogP contribution in [0.3, 0.4) is 0 Å². The number of hydrogen-bond donors (Lipinski definition) is 1. The minimum Gasteiger partial charge on any atom is -0.481 e. The predicted molar refractivity (Wildman–Crippen MR) is 73.2 cm³/mol. The predicted octanol–water partition coefficient (Wildman–Crippen LogP) is 4.18. The van der Waals surface area contributed by atoms with Gasteiger partial charge in [0.15, 0.2) is 0 Å². The SMILES string of the molecule is O=C(O)C1CCCCCC1c1cc2ccccc2o1. The summed E-state index contributed by atoms with van der Waals surface area (Å²) < 4.78 is 5.88. The molecule has 2 unspecified atom stereocenters. The molecule has 1 aliphatic carbocycles. The average Bonchev–Trinajstić information content (AvgIpc) is 2.66. The Bertz CT molecular complexity index is 551. The lowest BCUT2D eigenvalue weighted by Crippen LogP contribution is -2.20. The largest absolute Gasteiger partial charge is 0.481 e. The summed E-state index contributed by atoms with van der Waals surface area (Å²) in [6, 6.07) is 9.88. The van der Waals surface area contributed by atoms with Crippen molar-refractivity contribution in [2.24, 2.45) is 5.92 Å². The standard InChI is InChI=1S/C16H18O3/c17-16(18)13-8-3-1-2-7-12(13)15-10-11-6-4-5-9-14(11)19-15/h4-6,9-10,12-13H,1-3,7-8H2,(H,17,18). The van der Waals surface area contributed by atoms with Gasteiger partial charge in [0.05, 0.1) is 5.92 Å². The van der Waals surface area contributed by atoms with Crippen LogP contribution in [0.5, 0.6) is 0 Å². The van der Waals surface area contributed by atoms with Crippen molar-refractivity contribution >= 4 is 16.9 Å². The van der Waals surface area contributed by atoms with Crippen LogP contribution in [-0.4, -0.2) is 11.1 Å². The van der Waals surface area contributed by atoms with Gasteiger partial charge in [-0.2, -0.15) is 0 Å². The lowest BCUT2D eigenvalue weighted by Gasteiger charge is -2.19. The van der Waals surface area contributed by atoms with Gasteiger partial charge in [-0.3, -0.25) is 4.79 Å². The first kappa shape index (κ1) is 12.3. The molecule has 1 aromatic heterocycles. The van der Waals surface area contributed by atoms with Gasteiger partial charge in [-0.1, -0.05) is 37.5 Å². The lowest BCUT2D eigenvalue weighted by molar-refractivity contribution is -0.143. The van der Waals surface area contributed by atoms with Crippen LogP contribution in [0.25, 0.3) is 11.0 Å². The number of fused-ring (bicyclic) bond motifs is 1. The summed E-state index contributed by atoms with van der Waals surface area (Å²) in [4.78, 5) is 11.5. The zero-order chi connectivity index (χ0) is 13.2. The minimum atomic E-state index is -0.688. The smallest absolute Gasteiger partial charge is 0.307 e. The number of hydrogen-bond acceptors (Lipinski definition) is 2. The molecule has 0 spiro atoms. The molecule has 3 heteroatoms. The molecule has 0 saturated heterocycles. The molecule has 0 radical (unpaired) electrons. The third-order valence-corrected chi connectivity index (χ3v) is 4.14. The Kier molecular flexibility index (Phi) is 3.28. The molecular weight excluding hydrogens is 240 g/mol. The fraction of sp³-hybridized carbons (Fsp3) is 0.438. The van der Waals surface area contributed by atoms with E-state index in [0.29, 0.717) is 0 Å². The van der Waals surface area contributed by atoms with Gasteiger partial charge in [0, 0.05) is 11.3 Å². The van der Waals surface area contributed by atoms with Gasteiger partial charge < -0.3 is 9.52 Å². The summed E-state index contributed by atoms with van der Waals surface area (Å²) in [5.41, 5.74) is 0.853. The van der Waals surface area contributed by atoms with E-state index in [9.17, 15) is 9.90 Å². The number of para-hydroxylation sites is 1. The molecule has 0 bridgehead atoms. The molecule has 0 aliphatic heterocycles. The zero-order valence-corrected chi connectivity index (χ0v) is 10.8. The normalized spacial score (nSPS) is 24.2. The number of aliphatic carboxylic acids is 1. The minimum absolute atomic E-state index is 0.0207. The van der Waals surface area contributed by atoms with Crippen molar-refractivity contribution in [1.82, 2.24) is 0 Å². The fourth-order valence-electron chi connectivity index (χ4n) is 3.13. The van der Waals surface area contributed by atoms with E-state index < -0.39 is 5.97 Å². The highest BCUT2D eigenvalue weighted by Crippen LogP contribution is 2.38. The van der Waals surface area contributed by atoms with E-state index in [2.05, 4.69) is 0 Å². The van der Waals surface area contributed by atoms with E-state index in [-0.39, 0.29) is 11.8 Å². The maximum Gasteiger partial charge on any atom is 0.307 e. The summed E-state index contributed by atoms with van der Waals surface area (Å²) in [6.07, 6.45) is 4.90. The Balaban J connectivity index is 1.98. The van der Waals surface area contributed by atoms with Crippen LogP contribution in [-0.2, 0) is 4.79 Å². The molecule has 2 atom stereocenters. The maximum absolute atomic E-state index is 11.5. The molecule has 1 heterocycles. The molecule has 1 aliphatic rings. The van der Waals surface area contributed by atoms with Crippen LogP contribution in [0.15, 0.2) is 34.7 Å². The zero-order valence-electron chi connectivity index (χ0n) is 10.8. The second-order valence-corrected chi connectivity index (χ2v) is 5.38. The van der Waals surface area contributed by atoms with E-state index in [0.717, 1.165) is 48.8 Å². The first-order valence-electron chi connectivity index (χ1n) is 6.97. The highest BCUT2D eigenvalue weighted by molar-refractivity contribution is 5.78. The van der Waals surface area contributed by atoms with Crippen LogP contribution in [0.4, 0.5) is 0 Å². The molecule has 3 rings (SSSR count). The van der Waals surface area contributed by atoms with Crippen molar-refractivity contribution in [1.29, 1.82) is 0 Å².